The largest absolute Gasteiger partial charge is 0.496 e. The average molecular weight is 341 g/mol. The lowest BCUT2D eigenvalue weighted by Crippen LogP contribution is -2.28. The van der Waals surface area contributed by atoms with E-state index in [9.17, 15) is 4.79 Å². The van der Waals surface area contributed by atoms with Gasteiger partial charge < -0.3 is 19.1 Å². The molecule has 2 aromatic rings. The summed E-state index contributed by atoms with van der Waals surface area (Å²) in [7, 11) is 6.63. The SMILES string of the molecule is COc1ccc(N(C)C(=O)[C@H]2C[C@@H]2c2ccccc2OC)cc1OC. The third kappa shape index (κ3) is 3.27. The highest BCUT2D eigenvalue weighted by Crippen LogP contribution is 2.51. The molecule has 3 rings (SSSR count). The third-order valence-electron chi connectivity index (χ3n) is 4.73. The van der Waals surface area contributed by atoms with Crippen molar-refractivity contribution in [1.29, 1.82) is 0 Å². The lowest BCUT2D eigenvalue weighted by molar-refractivity contribution is -0.119. The monoisotopic (exact) mass is 341 g/mol. The minimum absolute atomic E-state index is 0.0191. The van der Waals surface area contributed by atoms with Crippen LogP contribution in [0.3, 0.4) is 0 Å². The number of hydrogen-bond acceptors (Lipinski definition) is 4. The molecule has 0 heterocycles. The van der Waals surface area contributed by atoms with E-state index >= 15 is 0 Å². The van der Waals surface area contributed by atoms with Crippen LogP contribution in [0, 0.1) is 5.92 Å². The van der Waals surface area contributed by atoms with Crippen LogP contribution in [0.4, 0.5) is 5.69 Å². The van der Waals surface area contributed by atoms with Crippen molar-refractivity contribution in [3.8, 4) is 17.2 Å². The van der Waals surface area contributed by atoms with Crippen molar-refractivity contribution in [1.82, 2.24) is 0 Å². The number of para-hydroxylation sites is 1. The lowest BCUT2D eigenvalue weighted by Gasteiger charge is -2.19. The van der Waals surface area contributed by atoms with Gasteiger partial charge in [-0.05, 0) is 36.1 Å². The molecule has 0 saturated heterocycles. The van der Waals surface area contributed by atoms with Crippen molar-refractivity contribution >= 4 is 11.6 Å². The minimum atomic E-state index is -0.0191. The first-order chi connectivity index (χ1) is 12.1. The smallest absolute Gasteiger partial charge is 0.230 e. The van der Waals surface area contributed by atoms with Gasteiger partial charge in [-0.15, -0.1) is 0 Å². The van der Waals surface area contributed by atoms with Crippen LogP contribution in [-0.4, -0.2) is 34.3 Å². The van der Waals surface area contributed by atoms with E-state index in [0.717, 1.165) is 23.4 Å². The van der Waals surface area contributed by atoms with E-state index in [1.165, 1.54) is 0 Å². The summed E-state index contributed by atoms with van der Waals surface area (Å²) in [6.45, 7) is 0. The first kappa shape index (κ1) is 17.1. The van der Waals surface area contributed by atoms with Crippen molar-refractivity contribution in [3.05, 3.63) is 48.0 Å². The van der Waals surface area contributed by atoms with Crippen LogP contribution in [0.1, 0.15) is 17.9 Å². The number of nitrogens with zero attached hydrogens (tertiary/aromatic N) is 1. The summed E-state index contributed by atoms with van der Waals surface area (Å²) >= 11 is 0. The number of anilines is 1. The second-order valence-corrected chi connectivity index (χ2v) is 6.13. The Labute approximate surface area is 148 Å². The van der Waals surface area contributed by atoms with Gasteiger partial charge in [0.1, 0.15) is 5.75 Å². The van der Waals surface area contributed by atoms with Gasteiger partial charge in [0.05, 0.1) is 21.3 Å². The molecule has 0 radical (unpaired) electrons. The molecule has 1 amide bonds. The van der Waals surface area contributed by atoms with Gasteiger partial charge in [-0.3, -0.25) is 4.79 Å². The summed E-state index contributed by atoms with van der Waals surface area (Å²) in [5.41, 5.74) is 1.89. The van der Waals surface area contributed by atoms with Gasteiger partial charge in [-0.1, -0.05) is 18.2 Å². The first-order valence-corrected chi connectivity index (χ1v) is 8.23. The standard InChI is InChI=1S/C20H23NO4/c1-21(13-9-10-18(24-3)19(11-13)25-4)20(22)16-12-15(16)14-7-5-6-8-17(14)23-2/h5-11,15-16H,12H2,1-4H3/t15-,16+/m1/s1. The highest BCUT2D eigenvalue weighted by molar-refractivity contribution is 5.97. The second kappa shape index (κ2) is 7.05. The summed E-state index contributed by atoms with van der Waals surface area (Å²) in [5.74, 6) is 2.39. The van der Waals surface area contributed by atoms with E-state index < -0.39 is 0 Å². The molecule has 0 bridgehead atoms. The molecular weight excluding hydrogens is 318 g/mol. The van der Waals surface area contributed by atoms with Crippen molar-refractivity contribution in [2.24, 2.45) is 5.92 Å². The number of carbonyl (C=O) groups excluding carboxylic acids is 1. The molecule has 0 aliphatic heterocycles. The van der Waals surface area contributed by atoms with Crippen LogP contribution in [0.2, 0.25) is 0 Å². The molecule has 5 heteroatoms. The Morgan fingerprint density at radius 1 is 0.960 bits per heavy atom. The molecule has 1 aliphatic rings. The molecule has 0 unspecified atom stereocenters. The zero-order chi connectivity index (χ0) is 18.0. The summed E-state index contributed by atoms with van der Waals surface area (Å²) < 4.78 is 16.0. The van der Waals surface area contributed by atoms with Gasteiger partial charge in [0.25, 0.3) is 0 Å². The second-order valence-electron chi connectivity index (χ2n) is 6.13. The van der Waals surface area contributed by atoms with E-state index in [1.54, 1.807) is 33.3 Å². The van der Waals surface area contributed by atoms with Gasteiger partial charge >= 0.3 is 0 Å². The molecule has 0 aromatic heterocycles. The number of carbonyl (C=O) groups is 1. The molecule has 1 aliphatic carbocycles. The Morgan fingerprint density at radius 2 is 1.64 bits per heavy atom. The predicted octanol–water partition coefficient (Wildman–Crippen LogP) is 3.48. The fourth-order valence-electron chi connectivity index (χ4n) is 3.19. The number of ether oxygens (including phenoxy) is 3. The lowest BCUT2D eigenvalue weighted by atomic mass is 10.1. The number of methoxy groups -OCH3 is 3. The molecule has 0 spiro atoms. The van der Waals surface area contributed by atoms with Gasteiger partial charge in [-0.2, -0.15) is 0 Å². The van der Waals surface area contributed by atoms with Gasteiger partial charge in [0.2, 0.25) is 5.91 Å². The number of amides is 1. The number of hydrogen-bond donors (Lipinski definition) is 0. The van der Waals surface area contributed by atoms with Crippen LogP contribution < -0.4 is 19.1 Å². The third-order valence-corrected chi connectivity index (χ3v) is 4.73. The van der Waals surface area contributed by atoms with E-state index in [1.807, 2.05) is 42.5 Å². The summed E-state index contributed by atoms with van der Waals surface area (Å²) in [6, 6.07) is 13.4. The zero-order valence-electron chi connectivity index (χ0n) is 15.0. The van der Waals surface area contributed by atoms with Crippen LogP contribution in [0.5, 0.6) is 17.2 Å². The van der Waals surface area contributed by atoms with E-state index in [4.69, 9.17) is 14.2 Å². The first-order valence-electron chi connectivity index (χ1n) is 8.23. The van der Waals surface area contributed by atoms with Crippen molar-refractivity contribution in [2.45, 2.75) is 12.3 Å². The van der Waals surface area contributed by atoms with Gasteiger partial charge in [0.15, 0.2) is 11.5 Å². The molecule has 25 heavy (non-hydrogen) atoms. The number of benzene rings is 2. The fourth-order valence-corrected chi connectivity index (χ4v) is 3.19. The van der Waals surface area contributed by atoms with E-state index in [0.29, 0.717) is 11.5 Å². The number of rotatable bonds is 6. The molecule has 5 nitrogen and oxygen atoms in total. The maximum absolute atomic E-state index is 12.9. The van der Waals surface area contributed by atoms with Crippen molar-refractivity contribution in [2.75, 3.05) is 33.3 Å². The average Bonchev–Trinajstić information content (AvgIpc) is 3.46. The fraction of sp³-hybridized carbons (Fsp3) is 0.350. The minimum Gasteiger partial charge on any atom is -0.496 e. The summed E-state index contributed by atoms with van der Waals surface area (Å²) in [4.78, 5) is 14.5. The highest BCUT2D eigenvalue weighted by atomic mass is 16.5. The van der Waals surface area contributed by atoms with Crippen molar-refractivity contribution in [3.63, 3.8) is 0 Å². The van der Waals surface area contributed by atoms with Crippen LogP contribution >= 0.6 is 0 Å². The zero-order valence-corrected chi connectivity index (χ0v) is 15.0. The molecule has 2 atom stereocenters. The molecule has 1 saturated carbocycles. The Kier molecular flexibility index (Phi) is 4.83. The Balaban J connectivity index is 1.76. The van der Waals surface area contributed by atoms with Crippen molar-refractivity contribution < 1.29 is 19.0 Å². The van der Waals surface area contributed by atoms with Crippen LogP contribution in [-0.2, 0) is 4.79 Å². The van der Waals surface area contributed by atoms with Crippen LogP contribution in [0.15, 0.2) is 42.5 Å². The molecule has 0 N–H and O–H groups in total. The molecule has 1 fully saturated rings. The Morgan fingerprint density at radius 3 is 2.32 bits per heavy atom. The predicted molar refractivity (Wildman–Crippen MR) is 96.8 cm³/mol. The van der Waals surface area contributed by atoms with Crippen LogP contribution in [0.25, 0.3) is 0 Å². The highest BCUT2D eigenvalue weighted by Gasteiger charge is 2.46. The van der Waals surface area contributed by atoms with Gasteiger partial charge in [-0.25, -0.2) is 0 Å². The molecule has 2 aromatic carbocycles. The maximum atomic E-state index is 12.9. The molecule has 132 valence electrons. The van der Waals surface area contributed by atoms with E-state index in [-0.39, 0.29) is 17.7 Å². The van der Waals surface area contributed by atoms with Gasteiger partial charge in [0, 0.05) is 24.7 Å². The topological polar surface area (TPSA) is 48.0 Å². The quantitative estimate of drug-likeness (QED) is 0.807. The van der Waals surface area contributed by atoms with E-state index in [2.05, 4.69) is 0 Å². The normalized spacial score (nSPS) is 18.4. The Hall–Kier alpha value is -2.69. The summed E-state index contributed by atoms with van der Waals surface area (Å²) in [6.07, 6.45) is 0.844. The maximum Gasteiger partial charge on any atom is 0.230 e. The molecular formula is C20H23NO4. The summed E-state index contributed by atoms with van der Waals surface area (Å²) in [5, 5.41) is 0. The Bertz CT molecular complexity index is 774.